The zero-order chi connectivity index (χ0) is 6.97. The Hall–Kier alpha value is 0.564. The molecule has 0 aliphatic carbocycles. The molecule has 6 heteroatoms. The number of aryl methyl sites for hydroxylation is 1. The maximum atomic E-state index is 4.33. The average Bonchev–Trinajstić information content (AvgIpc) is 2.27. The van der Waals surface area contributed by atoms with Crippen molar-refractivity contribution >= 4 is 21.6 Å². The molecule has 1 heterocycles. The van der Waals surface area contributed by atoms with Crippen LogP contribution < -0.4 is 37.2 Å². The minimum atomic E-state index is 0. The third-order valence-electron chi connectivity index (χ3n) is 1.40. The van der Waals surface area contributed by atoms with Crippen LogP contribution >= 0.6 is 11.3 Å². The molecular formula is C8H7Cl3NSV-3. The summed E-state index contributed by atoms with van der Waals surface area (Å²) in [7, 11) is 0. The molecule has 1 aromatic heterocycles. The van der Waals surface area contributed by atoms with E-state index in [1.807, 2.05) is 25.1 Å². The molecule has 0 saturated carbocycles. The largest absolute Gasteiger partial charge is 1.00 e. The van der Waals surface area contributed by atoms with Gasteiger partial charge in [0.25, 0.3) is 0 Å². The summed E-state index contributed by atoms with van der Waals surface area (Å²) in [5.74, 6) is 0. The molecule has 0 unspecified atom stereocenters. The number of fused-ring (bicyclic) bond motifs is 1. The quantitative estimate of drug-likeness (QED) is 0.472. The van der Waals surface area contributed by atoms with Gasteiger partial charge in [0, 0.05) is 18.6 Å². The molecule has 0 amide bonds. The van der Waals surface area contributed by atoms with Crippen LogP contribution in [0, 0.1) is 6.92 Å². The van der Waals surface area contributed by atoms with Gasteiger partial charge >= 0.3 is 0 Å². The summed E-state index contributed by atoms with van der Waals surface area (Å²) >= 11 is 1.74. The predicted molar refractivity (Wildman–Crippen MR) is 44.4 cm³/mol. The molecule has 1 aromatic carbocycles. The van der Waals surface area contributed by atoms with E-state index in [0.29, 0.717) is 0 Å². The normalized spacial score (nSPS) is 7.50. The SMILES string of the molecule is Cc1nc2ccccc2s1.[Cl-].[Cl-].[Cl-].[V]. The third-order valence-corrected chi connectivity index (χ3v) is 2.35. The molecule has 0 N–H and O–H groups in total. The molecule has 0 aliphatic rings. The number of nitrogens with zero attached hydrogens (tertiary/aromatic N) is 1. The van der Waals surface area contributed by atoms with Crippen molar-refractivity contribution in [3.8, 4) is 0 Å². The maximum Gasteiger partial charge on any atom is 0.0907 e. The van der Waals surface area contributed by atoms with Gasteiger partial charge in [0.05, 0.1) is 15.2 Å². The van der Waals surface area contributed by atoms with Gasteiger partial charge in [-0.05, 0) is 19.1 Å². The van der Waals surface area contributed by atoms with Crippen LogP contribution in [0.4, 0.5) is 0 Å². The van der Waals surface area contributed by atoms with E-state index in [0.717, 1.165) is 10.5 Å². The minimum Gasteiger partial charge on any atom is -1.00 e. The fourth-order valence-corrected chi connectivity index (χ4v) is 1.81. The molecule has 2 rings (SSSR count). The van der Waals surface area contributed by atoms with Crippen LogP contribution in [0.5, 0.6) is 0 Å². The summed E-state index contributed by atoms with van der Waals surface area (Å²) in [5, 5.41) is 1.14. The molecule has 1 nitrogen and oxygen atoms in total. The second-order valence-electron chi connectivity index (χ2n) is 2.20. The van der Waals surface area contributed by atoms with Gasteiger partial charge in [-0.2, -0.15) is 0 Å². The Labute approximate surface area is 118 Å². The van der Waals surface area contributed by atoms with E-state index in [-0.39, 0.29) is 55.8 Å². The summed E-state index contributed by atoms with van der Waals surface area (Å²) in [6, 6.07) is 8.19. The number of thiazole rings is 1. The summed E-state index contributed by atoms with van der Waals surface area (Å²) < 4.78 is 1.28. The molecule has 0 bridgehead atoms. The number of hydrogen-bond donors (Lipinski definition) is 0. The van der Waals surface area contributed by atoms with Crippen molar-refractivity contribution < 1.29 is 55.8 Å². The van der Waals surface area contributed by atoms with Crippen LogP contribution in [0.3, 0.4) is 0 Å². The number of halogens is 3. The number of rotatable bonds is 0. The van der Waals surface area contributed by atoms with Crippen molar-refractivity contribution in [3.05, 3.63) is 29.3 Å². The fraction of sp³-hybridized carbons (Fsp3) is 0.125. The first-order valence-corrected chi connectivity index (χ1v) is 4.00. The van der Waals surface area contributed by atoms with Gasteiger partial charge in [-0.15, -0.1) is 11.3 Å². The van der Waals surface area contributed by atoms with E-state index in [9.17, 15) is 0 Å². The molecule has 0 atom stereocenters. The Morgan fingerprint density at radius 3 is 2.21 bits per heavy atom. The van der Waals surface area contributed by atoms with E-state index in [1.165, 1.54) is 4.70 Å². The van der Waals surface area contributed by atoms with Gasteiger partial charge in [-0.1, -0.05) is 12.1 Å². The topological polar surface area (TPSA) is 12.9 Å². The van der Waals surface area contributed by atoms with Crippen molar-refractivity contribution in [1.29, 1.82) is 0 Å². The van der Waals surface area contributed by atoms with Crippen molar-refractivity contribution in [1.82, 2.24) is 4.98 Å². The Morgan fingerprint density at radius 2 is 1.64 bits per heavy atom. The average molecular weight is 307 g/mol. The second kappa shape index (κ2) is 8.84. The van der Waals surface area contributed by atoms with Crippen molar-refractivity contribution in [3.63, 3.8) is 0 Å². The Bertz CT molecular complexity index is 333. The predicted octanol–water partition coefficient (Wildman–Crippen LogP) is -6.39. The van der Waals surface area contributed by atoms with E-state index >= 15 is 0 Å². The summed E-state index contributed by atoms with van der Waals surface area (Å²) in [5.41, 5.74) is 1.12. The standard InChI is InChI=1S/C8H7NS.3ClH.V/c1-6-9-7-4-2-3-5-8(7)10-6;;;;/h2-5H,1H3;3*1H;/p-3. The zero-order valence-electron chi connectivity index (χ0n) is 7.25. The Balaban J connectivity index is -0.000000302. The van der Waals surface area contributed by atoms with Crippen molar-refractivity contribution in [2.45, 2.75) is 6.92 Å². The molecule has 2 aromatic rings. The Morgan fingerprint density at radius 1 is 1.07 bits per heavy atom. The number of benzene rings is 1. The van der Waals surface area contributed by atoms with Crippen molar-refractivity contribution in [2.24, 2.45) is 0 Å². The van der Waals surface area contributed by atoms with Crippen molar-refractivity contribution in [2.75, 3.05) is 0 Å². The smallest absolute Gasteiger partial charge is 0.0907 e. The molecule has 0 spiro atoms. The summed E-state index contributed by atoms with van der Waals surface area (Å²) in [6.45, 7) is 2.03. The first-order valence-electron chi connectivity index (χ1n) is 3.18. The van der Waals surface area contributed by atoms with Gasteiger partial charge in [0.15, 0.2) is 0 Å². The molecule has 79 valence electrons. The molecule has 0 saturated heterocycles. The van der Waals surface area contributed by atoms with E-state index < -0.39 is 0 Å². The van der Waals surface area contributed by atoms with Gasteiger partial charge in [0.2, 0.25) is 0 Å². The van der Waals surface area contributed by atoms with Gasteiger partial charge in [-0.25, -0.2) is 4.98 Å². The van der Waals surface area contributed by atoms with E-state index in [4.69, 9.17) is 0 Å². The van der Waals surface area contributed by atoms with Crippen LogP contribution in [0.25, 0.3) is 10.2 Å². The molecule has 14 heavy (non-hydrogen) atoms. The first-order chi connectivity index (χ1) is 4.86. The first kappa shape index (κ1) is 20.0. The summed E-state index contributed by atoms with van der Waals surface area (Å²) in [4.78, 5) is 4.33. The van der Waals surface area contributed by atoms with Gasteiger partial charge < -0.3 is 37.2 Å². The number of hydrogen-bond acceptors (Lipinski definition) is 2. The number of para-hydroxylation sites is 1. The summed E-state index contributed by atoms with van der Waals surface area (Å²) in [6.07, 6.45) is 0. The molecule has 1 radical (unpaired) electrons. The second-order valence-corrected chi connectivity index (χ2v) is 3.44. The van der Waals surface area contributed by atoms with Crippen LogP contribution in [-0.4, -0.2) is 4.98 Å². The van der Waals surface area contributed by atoms with Gasteiger partial charge in [-0.3, -0.25) is 0 Å². The van der Waals surface area contributed by atoms with Crippen LogP contribution in [0.15, 0.2) is 24.3 Å². The van der Waals surface area contributed by atoms with Gasteiger partial charge in [0.1, 0.15) is 0 Å². The fourth-order valence-electron chi connectivity index (χ4n) is 0.987. The third kappa shape index (κ3) is 4.39. The van der Waals surface area contributed by atoms with Crippen LogP contribution in [0.2, 0.25) is 0 Å². The van der Waals surface area contributed by atoms with E-state index in [2.05, 4.69) is 11.1 Å². The molecule has 0 aliphatic heterocycles. The zero-order valence-corrected chi connectivity index (χ0v) is 11.7. The maximum absolute atomic E-state index is 4.33. The minimum absolute atomic E-state index is 0. The Kier molecular flexibility index (Phi) is 12.7. The number of aromatic nitrogens is 1. The molecule has 0 fully saturated rings. The van der Waals surface area contributed by atoms with Crippen LogP contribution in [-0.2, 0) is 18.6 Å². The monoisotopic (exact) mass is 305 g/mol. The van der Waals surface area contributed by atoms with Crippen LogP contribution in [0.1, 0.15) is 5.01 Å². The molecular weight excluding hydrogens is 299 g/mol. The van der Waals surface area contributed by atoms with E-state index in [1.54, 1.807) is 11.3 Å².